The van der Waals surface area contributed by atoms with Crippen molar-refractivity contribution in [3.05, 3.63) is 47.5 Å². The van der Waals surface area contributed by atoms with Gasteiger partial charge in [0.2, 0.25) is 0 Å². The largest absolute Gasteiger partial charge is 0.354 e. The zero-order valence-corrected chi connectivity index (χ0v) is 10.7. The summed E-state index contributed by atoms with van der Waals surface area (Å²) in [6.07, 6.45) is 1.54. The number of amides is 1. The van der Waals surface area contributed by atoms with E-state index in [1.54, 1.807) is 19.1 Å². The third-order valence-corrected chi connectivity index (χ3v) is 2.79. The molecular weight excluding hydrogens is 247 g/mol. The van der Waals surface area contributed by atoms with E-state index < -0.39 is 5.82 Å². The maximum Gasteiger partial charge on any atom is 0.271 e. The number of rotatable bonds is 3. The summed E-state index contributed by atoms with van der Waals surface area (Å²) in [4.78, 5) is 11.4. The molecule has 0 spiro atoms. The van der Waals surface area contributed by atoms with E-state index in [4.69, 9.17) is 5.73 Å². The molecule has 0 fully saturated rings. The van der Waals surface area contributed by atoms with Crippen LogP contribution in [0.2, 0.25) is 0 Å². The molecular formula is C13H15FN4O. The topological polar surface area (TPSA) is 72.9 Å². The molecule has 0 aliphatic heterocycles. The molecule has 1 amide bonds. The molecule has 0 radical (unpaired) electrons. The second-order valence-electron chi connectivity index (χ2n) is 4.22. The first-order valence-corrected chi connectivity index (χ1v) is 5.86. The van der Waals surface area contributed by atoms with Gasteiger partial charge in [0, 0.05) is 19.3 Å². The number of carbonyl (C=O) groups excluding carboxylic acids is 1. The van der Waals surface area contributed by atoms with Crippen molar-refractivity contribution in [1.82, 2.24) is 15.1 Å². The lowest BCUT2D eigenvalue weighted by molar-refractivity contribution is 0.0957. The third-order valence-electron chi connectivity index (χ3n) is 2.79. The Bertz CT molecular complexity index is 606. The van der Waals surface area contributed by atoms with E-state index in [1.807, 2.05) is 0 Å². The van der Waals surface area contributed by atoms with Gasteiger partial charge in [-0.1, -0.05) is 6.07 Å². The van der Waals surface area contributed by atoms with Crippen LogP contribution in [0.1, 0.15) is 29.0 Å². The highest BCUT2D eigenvalue weighted by Crippen LogP contribution is 2.18. The van der Waals surface area contributed by atoms with Crippen LogP contribution in [0.4, 0.5) is 4.39 Å². The van der Waals surface area contributed by atoms with Gasteiger partial charge in [-0.2, -0.15) is 5.10 Å². The van der Waals surface area contributed by atoms with Gasteiger partial charge in [0.25, 0.3) is 5.91 Å². The predicted octanol–water partition coefficient (Wildman–Crippen LogP) is 1.39. The number of nitrogens with zero attached hydrogens (tertiary/aromatic N) is 2. The van der Waals surface area contributed by atoms with Crippen molar-refractivity contribution in [3.8, 4) is 5.69 Å². The number of nitrogens with two attached hydrogens (primary N) is 1. The fourth-order valence-electron chi connectivity index (χ4n) is 1.70. The fourth-order valence-corrected chi connectivity index (χ4v) is 1.70. The number of hydrogen-bond acceptors (Lipinski definition) is 3. The lowest BCUT2D eigenvalue weighted by atomic mass is 10.1. The van der Waals surface area contributed by atoms with Crippen LogP contribution in [0.5, 0.6) is 0 Å². The van der Waals surface area contributed by atoms with Crippen LogP contribution >= 0.6 is 0 Å². The second kappa shape index (κ2) is 5.19. The second-order valence-corrected chi connectivity index (χ2v) is 4.22. The minimum atomic E-state index is -0.429. The number of halogens is 1. The van der Waals surface area contributed by atoms with Crippen LogP contribution in [-0.4, -0.2) is 22.7 Å². The highest BCUT2D eigenvalue weighted by Gasteiger charge is 2.12. The van der Waals surface area contributed by atoms with Gasteiger partial charge in [0.1, 0.15) is 11.5 Å². The summed E-state index contributed by atoms with van der Waals surface area (Å²) in [5, 5.41) is 6.48. The van der Waals surface area contributed by atoms with Gasteiger partial charge in [-0.3, -0.25) is 4.79 Å². The number of benzene rings is 1. The van der Waals surface area contributed by atoms with Crippen LogP contribution < -0.4 is 11.1 Å². The van der Waals surface area contributed by atoms with Crippen molar-refractivity contribution < 1.29 is 9.18 Å². The average molecular weight is 262 g/mol. The normalized spacial score (nSPS) is 12.2. The summed E-state index contributed by atoms with van der Waals surface area (Å²) in [5.74, 6) is -0.743. The Morgan fingerprint density at radius 1 is 1.47 bits per heavy atom. The summed E-state index contributed by atoms with van der Waals surface area (Å²) in [5.41, 5.74) is 6.91. The molecule has 1 atom stereocenters. The number of carbonyl (C=O) groups is 1. The Kier molecular flexibility index (Phi) is 3.62. The summed E-state index contributed by atoms with van der Waals surface area (Å²) in [7, 11) is 1.51. The predicted molar refractivity (Wildman–Crippen MR) is 69.5 cm³/mol. The van der Waals surface area contributed by atoms with Crippen LogP contribution in [0.25, 0.3) is 5.69 Å². The Labute approximate surface area is 110 Å². The van der Waals surface area contributed by atoms with Gasteiger partial charge in [0.15, 0.2) is 5.69 Å². The van der Waals surface area contributed by atoms with Crippen LogP contribution in [0, 0.1) is 5.82 Å². The smallest absolute Gasteiger partial charge is 0.271 e. The molecule has 0 aliphatic carbocycles. The molecule has 6 heteroatoms. The first-order valence-electron chi connectivity index (χ1n) is 5.86. The van der Waals surface area contributed by atoms with Gasteiger partial charge in [-0.05, 0) is 30.7 Å². The van der Waals surface area contributed by atoms with Crippen molar-refractivity contribution >= 4 is 5.91 Å². The minimum absolute atomic E-state index is 0.234. The maximum atomic E-state index is 14.0. The minimum Gasteiger partial charge on any atom is -0.354 e. The Morgan fingerprint density at radius 3 is 2.79 bits per heavy atom. The van der Waals surface area contributed by atoms with E-state index in [2.05, 4.69) is 10.4 Å². The van der Waals surface area contributed by atoms with E-state index >= 15 is 0 Å². The Balaban J connectivity index is 2.37. The molecule has 100 valence electrons. The van der Waals surface area contributed by atoms with Crippen molar-refractivity contribution in [2.75, 3.05) is 7.05 Å². The summed E-state index contributed by atoms with van der Waals surface area (Å²) in [6, 6.07) is 6.00. The highest BCUT2D eigenvalue weighted by molar-refractivity contribution is 5.91. The molecule has 1 aromatic heterocycles. The number of hydrogen-bond donors (Lipinski definition) is 2. The molecule has 19 heavy (non-hydrogen) atoms. The zero-order chi connectivity index (χ0) is 14.0. The van der Waals surface area contributed by atoms with E-state index in [0.717, 1.165) is 0 Å². The van der Waals surface area contributed by atoms with Gasteiger partial charge < -0.3 is 11.1 Å². The van der Waals surface area contributed by atoms with E-state index in [0.29, 0.717) is 5.56 Å². The van der Waals surface area contributed by atoms with Crippen molar-refractivity contribution in [3.63, 3.8) is 0 Å². The summed E-state index contributed by atoms with van der Waals surface area (Å²) in [6.45, 7) is 1.78. The number of nitrogens with one attached hydrogen (secondary N) is 1. The first-order chi connectivity index (χ1) is 9.02. The standard InChI is InChI=1S/C13H15FN4O/c1-8(15)9-3-4-12(10(14)7-9)18-6-5-11(17-18)13(19)16-2/h3-8H,15H2,1-2H3,(H,16,19)/t8-/m1/s1. The van der Waals surface area contributed by atoms with E-state index in [1.165, 1.54) is 30.1 Å². The third kappa shape index (κ3) is 2.63. The quantitative estimate of drug-likeness (QED) is 0.878. The van der Waals surface area contributed by atoms with Crippen molar-refractivity contribution in [2.24, 2.45) is 5.73 Å². The molecule has 0 saturated heterocycles. The summed E-state index contributed by atoms with van der Waals surface area (Å²) >= 11 is 0. The monoisotopic (exact) mass is 262 g/mol. The van der Waals surface area contributed by atoms with E-state index in [-0.39, 0.29) is 23.3 Å². The lowest BCUT2D eigenvalue weighted by Crippen LogP contribution is -2.18. The highest BCUT2D eigenvalue weighted by atomic mass is 19.1. The van der Waals surface area contributed by atoms with Crippen LogP contribution in [-0.2, 0) is 0 Å². The molecule has 1 heterocycles. The lowest BCUT2D eigenvalue weighted by Gasteiger charge is -2.08. The summed E-state index contributed by atoms with van der Waals surface area (Å²) < 4.78 is 15.3. The molecule has 3 N–H and O–H groups in total. The number of aromatic nitrogens is 2. The SMILES string of the molecule is CNC(=O)c1ccn(-c2ccc([C@@H](C)N)cc2F)n1. The first kappa shape index (κ1) is 13.2. The van der Waals surface area contributed by atoms with E-state index in [9.17, 15) is 9.18 Å². The van der Waals surface area contributed by atoms with Crippen molar-refractivity contribution in [1.29, 1.82) is 0 Å². The van der Waals surface area contributed by atoms with Crippen LogP contribution in [0.15, 0.2) is 30.5 Å². The molecule has 1 aromatic carbocycles. The molecule has 2 rings (SSSR count). The average Bonchev–Trinajstić information content (AvgIpc) is 2.87. The van der Waals surface area contributed by atoms with Crippen LogP contribution in [0.3, 0.4) is 0 Å². The van der Waals surface area contributed by atoms with Gasteiger partial charge in [0.05, 0.1) is 0 Å². The molecule has 5 nitrogen and oxygen atoms in total. The molecule has 0 bridgehead atoms. The Morgan fingerprint density at radius 2 is 2.21 bits per heavy atom. The van der Waals surface area contributed by atoms with Crippen molar-refractivity contribution in [2.45, 2.75) is 13.0 Å². The molecule has 0 unspecified atom stereocenters. The molecule has 0 saturated carbocycles. The maximum absolute atomic E-state index is 14.0. The molecule has 0 aliphatic rings. The van der Waals surface area contributed by atoms with Gasteiger partial charge >= 0.3 is 0 Å². The fraction of sp³-hybridized carbons (Fsp3) is 0.231. The molecule has 2 aromatic rings. The van der Waals surface area contributed by atoms with Gasteiger partial charge in [-0.15, -0.1) is 0 Å². The van der Waals surface area contributed by atoms with Gasteiger partial charge in [-0.25, -0.2) is 9.07 Å². The Hall–Kier alpha value is -2.21. The zero-order valence-electron chi connectivity index (χ0n) is 10.7.